The van der Waals surface area contributed by atoms with E-state index >= 15 is 0 Å². The molecule has 0 aromatic heterocycles. The summed E-state index contributed by atoms with van der Waals surface area (Å²) in [5.74, 6) is -1.18. The summed E-state index contributed by atoms with van der Waals surface area (Å²) in [6, 6.07) is 0. The fraction of sp³-hybridized carbons (Fsp3) is 0.857. The van der Waals surface area contributed by atoms with Crippen LogP contribution in [0.15, 0.2) is 0 Å². The highest BCUT2D eigenvalue weighted by Gasteiger charge is 2.14. The maximum absolute atomic E-state index is 9.90. The monoisotopic (exact) mass is 159 g/mol. The zero-order chi connectivity index (χ0) is 8.10. The molecule has 0 radical (unpaired) electrons. The Morgan fingerprint density at radius 1 is 1.73 bits per heavy atom. The molecule has 0 amide bonds. The highest BCUT2D eigenvalue weighted by Crippen LogP contribution is 2.11. The van der Waals surface area contributed by atoms with Crippen LogP contribution >= 0.6 is 0 Å². The Balaban J connectivity index is 1.98. The average molecular weight is 159 g/mol. The number of aliphatic carboxylic acids is 1. The summed E-state index contributed by atoms with van der Waals surface area (Å²) in [4.78, 5) is 9.90. The van der Waals surface area contributed by atoms with Gasteiger partial charge in [-0.2, -0.15) is 0 Å². The highest BCUT2D eigenvalue weighted by molar-refractivity contribution is 5.65. The molecule has 1 aliphatic rings. The molecule has 1 fully saturated rings. The van der Waals surface area contributed by atoms with Crippen LogP contribution in [0.4, 0.5) is 0 Å². The number of carboxylic acid groups (broad SMARTS) is 1. The lowest BCUT2D eigenvalue weighted by Crippen LogP contribution is -2.29. The molecule has 0 unspecified atom stereocenters. The number of hydrogen-bond donors (Lipinski definition) is 0. The van der Waals surface area contributed by atoms with Gasteiger partial charge in [-0.15, -0.1) is 0 Å². The molecule has 1 saturated heterocycles. The van der Waals surface area contributed by atoms with Gasteiger partial charge in [-0.05, 0) is 12.8 Å². The molecule has 4 nitrogen and oxygen atoms in total. The van der Waals surface area contributed by atoms with E-state index in [-0.39, 0.29) is 12.7 Å². The van der Waals surface area contributed by atoms with Gasteiger partial charge in [0, 0.05) is 6.61 Å². The molecule has 4 heteroatoms. The van der Waals surface area contributed by atoms with Crippen LogP contribution in [0.3, 0.4) is 0 Å². The van der Waals surface area contributed by atoms with Gasteiger partial charge in [0.15, 0.2) is 0 Å². The molecule has 0 aromatic rings. The van der Waals surface area contributed by atoms with Gasteiger partial charge in [0.1, 0.15) is 0 Å². The minimum Gasteiger partial charge on any atom is -0.548 e. The Labute approximate surface area is 65.1 Å². The Morgan fingerprint density at radius 2 is 2.55 bits per heavy atom. The Bertz CT molecular complexity index is 128. The van der Waals surface area contributed by atoms with Gasteiger partial charge in [-0.1, -0.05) is 0 Å². The van der Waals surface area contributed by atoms with E-state index in [0.29, 0.717) is 6.61 Å². The van der Waals surface area contributed by atoms with Gasteiger partial charge >= 0.3 is 0 Å². The number of carbonyl (C=O) groups is 1. The van der Waals surface area contributed by atoms with Crippen LogP contribution < -0.4 is 5.11 Å². The molecule has 11 heavy (non-hydrogen) atoms. The van der Waals surface area contributed by atoms with E-state index in [1.165, 1.54) is 0 Å². The lowest BCUT2D eigenvalue weighted by molar-refractivity contribution is -0.309. The molecule has 1 rings (SSSR count). The van der Waals surface area contributed by atoms with Gasteiger partial charge in [-0.3, -0.25) is 0 Å². The second-order valence-corrected chi connectivity index (χ2v) is 2.52. The van der Waals surface area contributed by atoms with Crippen LogP contribution in [0.1, 0.15) is 12.8 Å². The van der Waals surface area contributed by atoms with Crippen molar-refractivity contribution in [2.45, 2.75) is 18.9 Å². The zero-order valence-electron chi connectivity index (χ0n) is 6.25. The van der Waals surface area contributed by atoms with Gasteiger partial charge in [-0.25, -0.2) is 0 Å². The van der Waals surface area contributed by atoms with Crippen molar-refractivity contribution in [3.8, 4) is 0 Å². The standard InChI is InChI=1S/C7H12O4/c8-7(9)5-10-4-6-2-1-3-11-6/h6H,1-5H2,(H,8,9)/p-1/t6-/m0/s1. The topological polar surface area (TPSA) is 58.6 Å². The Morgan fingerprint density at radius 3 is 3.09 bits per heavy atom. The molecule has 64 valence electrons. The molecule has 0 saturated carbocycles. The summed E-state index contributed by atoms with van der Waals surface area (Å²) in [7, 11) is 0. The number of carboxylic acids is 1. The van der Waals surface area contributed by atoms with E-state index in [0.717, 1.165) is 19.4 Å². The van der Waals surface area contributed by atoms with Crippen molar-refractivity contribution in [3.63, 3.8) is 0 Å². The van der Waals surface area contributed by atoms with E-state index in [2.05, 4.69) is 0 Å². The van der Waals surface area contributed by atoms with Gasteiger partial charge in [0.25, 0.3) is 0 Å². The van der Waals surface area contributed by atoms with E-state index in [4.69, 9.17) is 9.47 Å². The maximum atomic E-state index is 9.90. The quantitative estimate of drug-likeness (QED) is 0.524. The predicted octanol–water partition coefficient (Wildman–Crippen LogP) is -1.07. The fourth-order valence-electron chi connectivity index (χ4n) is 1.05. The summed E-state index contributed by atoms with van der Waals surface area (Å²) in [6.07, 6.45) is 2.10. The predicted molar refractivity (Wildman–Crippen MR) is 34.8 cm³/mol. The second kappa shape index (κ2) is 4.31. The maximum Gasteiger partial charge on any atom is 0.0862 e. The summed E-state index contributed by atoms with van der Waals surface area (Å²) >= 11 is 0. The molecule has 1 atom stereocenters. The lowest BCUT2D eigenvalue weighted by atomic mass is 10.2. The average Bonchev–Trinajstić information content (AvgIpc) is 2.39. The highest BCUT2D eigenvalue weighted by atomic mass is 16.5. The number of carbonyl (C=O) groups excluding carboxylic acids is 1. The van der Waals surface area contributed by atoms with E-state index in [1.54, 1.807) is 0 Å². The Hall–Kier alpha value is -0.610. The van der Waals surface area contributed by atoms with Gasteiger partial charge in [0.05, 0.1) is 25.3 Å². The molecule has 0 N–H and O–H groups in total. The smallest absolute Gasteiger partial charge is 0.0862 e. The molecular weight excluding hydrogens is 148 g/mol. The number of hydrogen-bond acceptors (Lipinski definition) is 4. The summed E-state index contributed by atoms with van der Waals surface area (Å²) < 4.78 is 9.99. The van der Waals surface area contributed by atoms with Crippen molar-refractivity contribution in [3.05, 3.63) is 0 Å². The third-order valence-electron chi connectivity index (χ3n) is 1.55. The van der Waals surface area contributed by atoms with Gasteiger partial charge in [0.2, 0.25) is 0 Å². The first kappa shape index (κ1) is 8.49. The van der Waals surface area contributed by atoms with Crippen LogP contribution in [-0.4, -0.2) is 31.9 Å². The molecule has 1 heterocycles. The molecule has 0 bridgehead atoms. The van der Waals surface area contributed by atoms with Crippen LogP contribution in [0, 0.1) is 0 Å². The summed E-state index contributed by atoms with van der Waals surface area (Å²) in [5, 5.41) is 9.90. The normalized spacial score (nSPS) is 23.8. The van der Waals surface area contributed by atoms with Crippen molar-refractivity contribution >= 4 is 5.97 Å². The largest absolute Gasteiger partial charge is 0.548 e. The number of rotatable bonds is 4. The minimum absolute atomic E-state index is 0.0920. The first-order valence-electron chi connectivity index (χ1n) is 3.68. The zero-order valence-corrected chi connectivity index (χ0v) is 6.25. The summed E-state index contributed by atoms with van der Waals surface area (Å²) in [6.45, 7) is 0.799. The van der Waals surface area contributed by atoms with Crippen LogP contribution in [0.25, 0.3) is 0 Å². The van der Waals surface area contributed by atoms with E-state index in [9.17, 15) is 9.90 Å². The summed E-state index contributed by atoms with van der Waals surface area (Å²) in [5.41, 5.74) is 0. The first-order valence-corrected chi connectivity index (χ1v) is 3.68. The van der Waals surface area contributed by atoms with Crippen LogP contribution in [0.2, 0.25) is 0 Å². The van der Waals surface area contributed by atoms with E-state index in [1.807, 2.05) is 0 Å². The van der Waals surface area contributed by atoms with Gasteiger partial charge < -0.3 is 19.4 Å². The van der Waals surface area contributed by atoms with Crippen molar-refractivity contribution in [2.75, 3.05) is 19.8 Å². The second-order valence-electron chi connectivity index (χ2n) is 2.52. The number of ether oxygens (including phenoxy) is 2. The molecule has 0 spiro atoms. The Kier molecular flexibility index (Phi) is 3.32. The molecule has 0 aliphatic carbocycles. The third kappa shape index (κ3) is 3.34. The molecule has 1 aliphatic heterocycles. The lowest BCUT2D eigenvalue weighted by Gasteiger charge is -2.09. The van der Waals surface area contributed by atoms with Crippen molar-refractivity contribution in [1.29, 1.82) is 0 Å². The van der Waals surface area contributed by atoms with Crippen molar-refractivity contribution < 1.29 is 19.4 Å². The van der Waals surface area contributed by atoms with E-state index < -0.39 is 5.97 Å². The SMILES string of the molecule is O=C([O-])COC[C@@H]1CCCO1. The fourth-order valence-corrected chi connectivity index (χ4v) is 1.05. The third-order valence-corrected chi connectivity index (χ3v) is 1.55. The minimum atomic E-state index is -1.18. The first-order chi connectivity index (χ1) is 5.29. The molecule has 0 aromatic carbocycles. The van der Waals surface area contributed by atoms with Crippen LogP contribution in [0.5, 0.6) is 0 Å². The van der Waals surface area contributed by atoms with Crippen molar-refractivity contribution in [1.82, 2.24) is 0 Å². The van der Waals surface area contributed by atoms with Crippen LogP contribution in [-0.2, 0) is 14.3 Å². The molecular formula is C7H11O4-. The van der Waals surface area contributed by atoms with Crippen molar-refractivity contribution in [2.24, 2.45) is 0 Å².